The number of hydrogen-bond donors (Lipinski definition) is 2. The summed E-state index contributed by atoms with van der Waals surface area (Å²) in [5, 5.41) is 8.89. The Morgan fingerprint density at radius 2 is 2.00 bits per heavy atom. The Hall–Kier alpha value is -0.980. The van der Waals surface area contributed by atoms with E-state index < -0.39 is 15.8 Å². The Morgan fingerprint density at radius 3 is 2.53 bits per heavy atom. The van der Waals surface area contributed by atoms with E-state index in [1.165, 1.54) is 12.1 Å². The maximum Gasteiger partial charge on any atom is 0.240 e. The monoisotopic (exact) mass is 289 g/mol. The highest BCUT2D eigenvalue weighted by Crippen LogP contribution is 2.20. The third kappa shape index (κ3) is 4.56. The SMILES string of the molecule is Cc1ccc(S(=O)(=O)NCC(C)(C)CCO)cc1F. The van der Waals surface area contributed by atoms with Gasteiger partial charge in [0.1, 0.15) is 5.82 Å². The molecule has 0 saturated carbocycles. The van der Waals surface area contributed by atoms with Crippen LogP contribution in [0.25, 0.3) is 0 Å². The predicted octanol–water partition coefficient (Wildman–Crippen LogP) is 1.82. The van der Waals surface area contributed by atoms with E-state index in [4.69, 9.17) is 5.11 Å². The quantitative estimate of drug-likeness (QED) is 0.839. The molecule has 0 atom stereocenters. The molecular formula is C13H20FNO3S. The van der Waals surface area contributed by atoms with E-state index in [2.05, 4.69) is 4.72 Å². The molecule has 0 aliphatic rings. The highest BCUT2D eigenvalue weighted by Gasteiger charge is 2.22. The molecule has 0 bridgehead atoms. The standard InChI is InChI=1S/C13H20FNO3S/c1-10-4-5-11(8-12(10)14)19(17,18)15-9-13(2,3)6-7-16/h4-5,8,15-16H,6-7,9H2,1-3H3. The van der Waals surface area contributed by atoms with Crippen LogP contribution in [0.1, 0.15) is 25.8 Å². The van der Waals surface area contributed by atoms with Gasteiger partial charge in [0.05, 0.1) is 4.90 Å². The highest BCUT2D eigenvalue weighted by molar-refractivity contribution is 7.89. The second kappa shape index (κ2) is 5.98. The minimum atomic E-state index is -3.72. The summed E-state index contributed by atoms with van der Waals surface area (Å²) in [4.78, 5) is -0.0876. The smallest absolute Gasteiger partial charge is 0.240 e. The summed E-state index contributed by atoms with van der Waals surface area (Å²) in [5.41, 5.74) is 0.0463. The van der Waals surface area contributed by atoms with Gasteiger partial charge < -0.3 is 5.11 Å². The first-order chi connectivity index (χ1) is 8.68. The molecule has 108 valence electrons. The molecule has 6 heteroatoms. The number of nitrogens with one attached hydrogen (secondary N) is 1. The summed E-state index contributed by atoms with van der Waals surface area (Å²) in [6, 6.07) is 3.82. The summed E-state index contributed by atoms with van der Waals surface area (Å²) in [5.74, 6) is -0.544. The van der Waals surface area contributed by atoms with Crippen molar-refractivity contribution in [3.63, 3.8) is 0 Å². The molecule has 0 aromatic heterocycles. The van der Waals surface area contributed by atoms with Gasteiger partial charge in [0.2, 0.25) is 10.0 Å². The second-order valence-electron chi connectivity index (χ2n) is 5.37. The van der Waals surface area contributed by atoms with Crippen LogP contribution in [0.5, 0.6) is 0 Å². The van der Waals surface area contributed by atoms with Crippen LogP contribution in [0.4, 0.5) is 4.39 Å². The summed E-state index contributed by atoms with van der Waals surface area (Å²) >= 11 is 0. The van der Waals surface area contributed by atoms with Gasteiger partial charge in [0.25, 0.3) is 0 Å². The molecule has 2 N–H and O–H groups in total. The Bertz CT molecular complexity index is 541. The number of aliphatic hydroxyl groups is 1. The van der Waals surface area contributed by atoms with Crippen LogP contribution in [0, 0.1) is 18.2 Å². The molecule has 4 nitrogen and oxygen atoms in total. The normalized spacial score (nSPS) is 12.7. The fourth-order valence-electron chi connectivity index (χ4n) is 1.51. The molecule has 1 rings (SSSR count). The van der Waals surface area contributed by atoms with Gasteiger partial charge in [-0.3, -0.25) is 0 Å². The van der Waals surface area contributed by atoms with Crippen molar-refractivity contribution in [3.05, 3.63) is 29.6 Å². The molecule has 0 spiro atoms. The molecule has 0 amide bonds. The maximum absolute atomic E-state index is 13.4. The minimum absolute atomic E-state index is 0.00606. The lowest BCUT2D eigenvalue weighted by Gasteiger charge is -2.23. The van der Waals surface area contributed by atoms with Crippen LogP contribution in [-0.2, 0) is 10.0 Å². The minimum Gasteiger partial charge on any atom is -0.396 e. The lowest BCUT2D eigenvalue weighted by Crippen LogP contribution is -2.34. The van der Waals surface area contributed by atoms with Gasteiger partial charge in [-0.05, 0) is 36.5 Å². The Morgan fingerprint density at radius 1 is 1.37 bits per heavy atom. The number of rotatable bonds is 6. The fourth-order valence-corrected chi connectivity index (χ4v) is 2.76. The highest BCUT2D eigenvalue weighted by atomic mass is 32.2. The van der Waals surface area contributed by atoms with Crippen molar-refractivity contribution < 1.29 is 17.9 Å². The molecule has 0 heterocycles. The maximum atomic E-state index is 13.4. The zero-order chi connectivity index (χ0) is 14.7. The van der Waals surface area contributed by atoms with E-state index in [9.17, 15) is 12.8 Å². The summed E-state index contributed by atoms with van der Waals surface area (Å²) in [7, 11) is -3.72. The Kier molecular flexibility index (Phi) is 5.06. The average Bonchev–Trinajstić information content (AvgIpc) is 2.30. The van der Waals surface area contributed by atoms with E-state index >= 15 is 0 Å². The lowest BCUT2D eigenvalue weighted by molar-refractivity contribution is 0.213. The molecular weight excluding hydrogens is 269 g/mol. The van der Waals surface area contributed by atoms with Crippen LogP contribution in [0.2, 0.25) is 0 Å². The topological polar surface area (TPSA) is 66.4 Å². The van der Waals surface area contributed by atoms with E-state index in [0.717, 1.165) is 6.07 Å². The van der Waals surface area contributed by atoms with E-state index in [0.29, 0.717) is 12.0 Å². The van der Waals surface area contributed by atoms with Crippen LogP contribution < -0.4 is 4.72 Å². The molecule has 1 aromatic rings. The van der Waals surface area contributed by atoms with Crippen molar-refractivity contribution in [3.8, 4) is 0 Å². The summed E-state index contributed by atoms with van der Waals surface area (Å²) in [6.07, 6.45) is 0.484. The van der Waals surface area contributed by atoms with Crippen molar-refractivity contribution in [1.82, 2.24) is 4.72 Å². The first-order valence-electron chi connectivity index (χ1n) is 6.05. The van der Waals surface area contributed by atoms with Gasteiger partial charge >= 0.3 is 0 Å². The van der Waals surface area contributed by atoms with Gasteiger partial charge in [0.15, 0.2) is 0 Å². The number of aliphatic hydroxyl groups excluding tert-OH is 1. The third-order valence-electron chi connectivity index (χ3n) is 2.98. The molecule has 0 aliphatic heterocycles. The zero-order valence-electron chi connectivity index (χ0n) is 11.4. The third-order valence-corrected chi connectivity index (χ3v) is 4.38. The lowest BCUT2D eigenvalue weighted by atomic mass is 9.90. The predicted molar refractivity (Wildman–Crippen MR) is 71.8 cm³/mol. The molecule has 1 aromatic carbocycles. The molecule has 0 aliphatic carbocycles. The largest absolute Gasteiger partial charge is 0.396 e. The molecule has 0 saturated heterocycles. The summed E-state index contributed by atoms with van der Waals surface area (Å²) < 4.78 is 39.8. The van der Waals surface area contributed by atoms with E-state index in [1.54, 1.807) is 6.92 Å². The number of benzene rings is 1. The fraction of sp³-hybridized carbons (Fsp3) is 0.538. The van der Waals surface area contributed by atoms with Gasteiger partial charge in [-0.2, -0.15) is 0 Å². The van der Waals surface area contributed by atoms with E-state index in [1.807, 2.05) is 13.8 Å². The van der Waals surface area contributed by atoms with Crippen molar-refractivity contribution >= 4 is 10.0 Å². The number of sulfonamides is 1. The number of aryl methyl sites for hydroxylation is 1. The zero-order valence-corrected chi connectivity index (χ0v) is 12.2. The number of halogens is 1. The van der Waals surface area contributed by atoms with Crippen molar-refractivity contribution in [1.29, 1.82) is 0 Å². The van der Waals surface area contributed by atoms with Gasteiger partial charge in [0, 0.05) is 13.2 Å². The molecule has 0 fully saturated rings. The Balaban J connectivity index is 2.84. The molecule has 0 unspecified atom stereocenters. The Labute approximate surface area is 113 Å². The molecule has 0 radical (unpaired) electrons. The van der Waals surface area contributed by atoms with Crippen molar-refractivity contribution in [2.24, 2.45) is 5.41 Å². The van der Waals surface area contributed by atoms with Gasteiger partial charge in [-0.1, -0.05) is 19.9 Å². The summed E-state index contributed by atoms with van der Waals surface area (Å²) in [6.45, 7) is 5.45. The molecule has 19 heavy (non-hydrogen) atoms. The first-order valence-corrected chi connectivity index (χ1v) is 7.53. The van der Waals surface area contributed by atoms with E-state index in [-0.39, 0.29) is 23.5 Å². The number of hydrogen-bond acceptors (Lipinski definition) is 3. The van der Waals surface area contributed by atoms with Gasteiger partial charge in [-0.25, -0.2) is 17.5 Å². The van der Waals surface area contributed by atoms with Crippen LogP contribution in [0.3, 0.4) is 0 Å². The second-order valence-corrected chi connectivity index (χ2v) is 7.14. The van der Waals surface area contributed by atoms with Crippen LogP contribution in [-0.4, -0.2) is 26.7 Å². The van der Waals surface area contributed by atoms with Crippen LogP contribution >= 0.6 is 0 Å². The average molecular weight is 289 g/mol. The van der Waals surface area contributed by atoms with Crippen molar-refractivity contribution in [2.75, 3.05) is 13.2 Å². The first kappa shape index (κ1) is 16.1. The van der Waals surface area contributed by atoms with Crippen LogP contribution in [0.15, 0.2) is 23.1 Å². The van der Waals surface area contributed by atoms with Crippen molar-refractivity contribution in [2.45, 2.75) is 32.1 Å². The van der Waals surface area contributed by atoms with Gasteiger partial charge in [-0.15, -0.1) is 0 Å².